The quantitative estimate of drug-likeness (QED) is 0.716. The number of fused-ring (bicyclic) bond motifs is 1. The van der Waals surface area contributed by atoms with Crippen LogP contribution in [0.3, 0.4) is 0 Å². The first-order valence-electron chi connectivity index (χ1n) is 6.02. The lowest BCUT2D eigenvalue weighted by Crippen LogP contribution is -2.17. The van der Waals surface area contributed by atoms with E-state index < -0.39 is 0 Å². The first-order chi connectivity index (χ1) is 9.28. The van der Waals surface area contributed by atoms with Crippen LogP contribution in [-0.2, 0) is 6.42 Å². The molecule has 2 heterocycles. The number of benzene rings is 1. The monoisotopic (exact) mass is 255 g/mol. The molecule has 6 heteroatoms. The summed E-state index contributed by atoms with van der Waals surface area (Å²) in [6.45, 7) is 0.457. The van der Waals surface area contributed by atoms with Gasteiger partial charge in [-0.2, -0.15) is 9.50 Å². The first-order valence-corrected chi connectivity index (χ1v) is 6.02. The normalized spacial score (nSPS) is 11.0. The Hall–Kier alpha value is -2.47. The van der Waals surface area contributed by atoms with E-state index in [0.29, 0.717) is 30.3 Å². The molecule has 0 saturated carbocycles. The maximum Gasteiger partial charge on any atom is 0.274 e. The van der Waals surface area contributed by atoms with E-state index in [2.05, 4.69) is 15.1 Å². The lowest BCUT2D eigenvalue weighted by atomic mass is 10.2. The topological polar surface area (TPSA) is 89.1 Å². The molecule has 0 amide bonds. The highest BCUT2D eigenvalue weighted by Gasteiger charge is 2.08. The van der Waals surface area contributed by atoms with Gasteiger partial charge in [-0.3, -0.25) is 9.89 Å². The number of aromatic nitrogens is 4. The van der Waals surface area contributed by atoms with Crippen LogP contribution in [0.5, 0.6) is 0 Å². The van der Waals surface area contributed by atoms with E-state index in [-0.39, 0.29) is 5.56 Å². The molecule has 0 aliphatic carbocycles. The van der Waals surface area contributed by atoms with E-state index in [1.807, 2.05) is 30.3 Å². The lowest BCUT2D eigenvalue weighted by Gasteiger charge is -1.96. The summed E-state index contributed by atoms with van der Waals surface area (Å²) < 4.78 is 1.34. The maximum atomic E-state index is 11.9. The number of H-pyrrole nitrogens is 1. The Morgan fingerprint density at radius 1 is 1.21 bits per heavy atom. The van der Waals surface area contributed by atoms with Crippen LogP contribution < -0.4 is 11.3 Å². The predicted octanol–water partition coefficient (Wildman–Crippen LogP) is 0.586. The second kappa shape index (κ2) is 4.66. The Labute approximate surface area is 108 Å². The number of hydrogen-bond acceptors (Lipinski definition) is 4. The molecule has 3 N–H and O–H groups in total. The second-order valence-electron chi connectivity index (χ2n) is 4.20. The van der Waals surface area contributed by atoms with Crippen LogP contribution in [0.2, 0.25) is 0 Å². The minimum Gasteiger partial charge on any atom is -0.330 e. The molecule has 0 bridgehead atoms. The van der Waals surface area contributed by atoms with Crippen LogP contribution in [0.25, 0.3) is 17.2 Å². The van der Waals surface area contributed by atoms with Gasteiger partial charge in [0.1, 0.15) is 0 Å². The van der Waals surface area contributed by atoms with Gasteiger partial charge >= 0.3 is 0 Å². The SMILES string of the molecule is NCCc1cc(=O)n2[nH]c(-c3ccccc3)nc2n1. The molecular formula is C13H13N5O. The fourth-order valence-corrected chi connectivity index (χ4v) is 1.93. The van der Waals surface area contributed by atoms with Crippen LogP contribution in [0.1, 0.15) is 5.69 Å². The van der Waals surface area contributed by atoms with Crippen LogP contribution in [0.4, 0.5) is 0 Å². The van der Waals surface area contributed by atoms with Gasteiger partial charge in [-0.25, -0.2) is 4.98 Å². The van der Waals surface area contributed by atoms with E-state index >= 15 is 0 Å². The summed E-state index contributed by atoms with van der Waals surface area (Å²) in [5.74, 6) is 0.991. The van der Waals surface area contributed by atoms with Gasteiger partial charge in [0.15, 0.2) is 5.82 Å². The average molecular weight is 255 g/mol. The average Bonchev–Trinajstić information content (AvgIpc) is 2.85. The molecule has 0 aliphatic rings. The molecule has 0 spiro atoms. The Kier molecular flexibility index (Phi) is 2.85. The number of rotatable bonds is 3. The zero-order chi connectivity index (χ0) is 13.2. The summed E-state index contributed by atoms with van der Waals surface area (Å²) in [6, 6.07) is 11.1. The van der Waals surface area contributed by atoms with Gasteiger partial charge in [-0.1, -0.05) is 30.3 Å². The maximum absolute atomic E-state index is 11.9. The van der Waals surface area contributed by atoms with Gasteiger partial charge in [0, 0.05) is 18.1 Å². The van der Waals surface area contributed by atoms with Crippen molar-refractivity contribution in [3.05, 3.63) is 52.4 Å². The molecular weight excluding hydrogens is 242 g/mol. The molecule has 96 valence electrons. The van der Waals surface area contributed by atoms with Gasteiger partial charge < -0.3 is 5.73 Å². The highest BCUT2D eigenvalue weighted by atomic mass is 16.1. The summed E-state index contributed by atoms with van der Waals surface area (Å²) in [6.07, 6.45) is 0.569. The highest BCUT2D eigenvalue weighted by Crippen LogP contribution is 2.13. The fraction of sp³-hybridized carbons (Fsp3) is 0.154. The molecule has 3 aromatic rings. The molecule has 3 rings (SSSR count). The van der Waals surface area contributed by atoms with Crippen molar-refractivity contribution in [1.29, 1.82) is 0 Å². The first kappa shape index (κ1) is 11.6. The molecule has 0 fully saturated rings. The van der Waals surface area contributed by atoms with Gasteiger partial charge in [0.25, 0.3) is 11.3 Å². The molecule has 0 aliphatic heterocycles. The predicted molar refractivity (Wildman–Crippen MR) is 71.8 cm³/mol. The van der Waals surface area contributed by atoms with Gasteiger partial charge in [0.2, 0.25) is 0 Å². The van der Waals surface area contributed by atoms with Gasteiger partial charge in [-0.05, 0) is 6.54 Å². The van der Waals surface area contributed by atoms with Crippen LogP contribution in [0.15, 0.2) is 41.2 Å². The lowest BCUT2D eigenvalue weighted by molar-refractivity contribution is 0.856. The third-order valence-corrected chi connectivity index (χ3v) is 2.83. The molecule has 2 aromatic heterocycles. The summed E-state index contributed by atoms with van der Waals surface area (Å²) in [4.78, 5) is 20.6. The van der Waals surface area contributed by atoms with Crippen molar-refractivity contribution in [2.75, 3.05) is 6.54 Å². The minimum atomic E-state index is -0.178. The summed E-state index contributed by atoms with van der Waals surface area (Å²) in [5, 5.41) is 2.95. The number of nitrogens with zero attached hydrogens (tertiary/aromatic N) is 3. The van der Waals surface area contributed by atoms with Crippen LogP contribution in [-0.4, -0.2) is 26.1 Å². The Morgan fingerprint density at radius 2 is 2.00 bits per heavy atom. The molecule has 0 radical (unpaired) electrons. The fourth-order valence-electron chi connectivity index (χ4n) is 1.93. The zero-order valence-corrected chi connectivity index (χ0v) is 10.2. The Balaban J connectivity index is 2.16. The summed E-state index contributed by atoms with van der Waals surface area (Å²) >= 11 is 0. The molecule has 0 atom stereocenters. The molecule has 0 unspecified atom stereocenters. The third kappa shape index (κ3) is 2.13. The molecule has 0 saturated heterocycles. The van der Waals surface area contributed by atoms with E-state index in [0.717, 1.165) is 5.56 Å². The van der Waals surface area contributed by atoms with Crippen molar-refractivity contribution in [3.8, 4) is 11.4 Å². The standard InChI is InChI=1S/C13H13N5O/c14-7-6-10-8-11(19)18-13(15-10)16-12(17-18)9-4-2-1-3-5-9/h1-5,8H,6-7,14H2,(H,15,16,17). The Morgan fingerprint density at radius 3 is 2.74 bits per heavy atom. The van der Waals surface area contributed by atoms with E-state index in [4.69, 9.17) is 5.73 Å². The van der Waals surface area contributed by atoms with Crippen molar-refractivity contribution in [3.63, 3.8) is 0 Å². The van der Waals surface area contributed by atoms with Crippen molar-refractivity contribution in [2.24, 2.45) is 5.73 Å². The Bertz CT molecular complexity index is 760. The van der Waals surface area contributed by atoms with Crippen molar-refractivity contribution >= 4 is 5.78 Å². The molecule has 6 nitrogen and oxygen atoms in total. The van der Waals surface area contributed by atoms with Crippen molar-refractivity contribution in [2.45, 2.75) is 6.42 Å². The number of nitrogens with two attached hydrogens (primary N) is 1. The number of hydrogen-bond donors (Lipinski definition) is 2. The smallest absolute Gasteiger partial charge is 0.274 e. The van der Waals surface area contributed by atoms with Crippen LogP contribution in [0, 0.1) is 0 Å². The molecule has 1 aromatic carbocycles. The summed E-state index contributed by atoms with van der Waals surface area (Å²) in [7, 11) is 0. The number of aromatic amines is 1. The van der Waals surface area contributed by atoms with Crippen molar-refractivity contribution in [1.82, 2.24) is 19.6 Å². The second-order valence-corrected chi connectivity index (χ2v) is 4.20. The van der Waals surface area contributed by atoms with Crippen LogP contribution >= 0.6 is 0 Å². The van der Waals surface area contributed by atoms with Gasteiger partial charge in [0.05, 0.1) is 5.69 Å². The largest absolute Gasteiger partial charge is 0.330 e. The van der Waals surface area contributed by atoms with Crippen molar-refractivity contribution < 1.29 is 0 Å². The minimum absolute atomic E-state index is 0.178. The third-order valence-electron chi connectivity index (χ3n) is 2.83. The van der Waals surface area contributed by atoms with Gasteiger partial charge in [-0.15, -0.1) is 0 Å². The van der Waals surface area contributed by atoms with E-state index in [1.165, 1.54) is 10.6 Å². The molecule has 19 heavy (non-hydrogen) atoms. The van der Waals surface area contributed by atoms with E-state index in [9.17, 15) is 4.79 Å². The summed E-state index contributed by atoms with van der Waals surface area (Å²) in [5.41, 5.74) is 6.87. The van der Waals surface area contributed by atoms with E-state index in [1.54, 1.807) is 0 Å². The highest BCUT2D eigenvalue weighted by molar-refractivity contribution is 5.56. The zero-order valence-electron chi connectivity index (χ0n) is 10.2. The number of nitrogens with one attached hydrogen (secondary N) is 1.